The Morgan fingerprint density at radius 1 is 1.71 bits per heavy atom. The van der Waals surface area contributed by atoms with Gasteiger partial charge in [-0.15, -0.1) is 0 Å². The first-order valence-electron chi connectivity index (χ1n) is 1.77. The van der Waals surface area contributed by atoms with Crippen molar-refractivity contribution in [2.24, 2.45) is 0 Å². The molecular formula is C3H6ClF2N. The zero-order chi connectivity index (χ0) is 5.91. The first-order chi connectivity index (χ1) is 3.06. The van der Waals surface area contributed by atoms with Gasteiger partial charge in [0.1, 0.15) is 0 Å². The van der Waals surface area contributed by atoms with E-state index in [0.717, 1.165) is 6.92 Å². The Bertz CT molecular complexity index is 51.4. The van der Waals surface area contributed by atoms with Gasteiger partial charge in [-0.25, -0.2) is 13.6 Å². The molecule has 0 radical (unpaired) electrons. The van der Waals surface area contributed by atoms with E-state index in [4.69, 9.17) is 11.8 Å². The third-order valence-corrected chi connectivity index (χ3v) is 0.511. The van der Waals surface area contributed by atoms with Gasteiger partial charge >= 0.3 is 0 Å². The quantitative estimate of drug-likeness (QED) is 0.556. The Hall–Kier alpha value is 0.110. The lowest BCUT2D eigenvalue weighted by Crippen LogP contribution is -2.23. The van der Waals surface area contributed by atoms with Gasteiger partial charge in [0.05, 0.1) is 6.54 Å². The summed E-state index contributed by atoms with van der Waals surface area (Å²) in [6.45, 7) is 0.316. The topological polar surface area (TPSA) is 12.0 Å². The van der Waals surface area contributed by atoms with Gasteiger partial charge < -0.3 is 0 Å². The number of halogens is 3. The molecule has 0 saturated heterocycles. The molecule has 0 rings (SSSR count). The van der Waals surface area contributed by atoms with Crippen LogP contribution in [0.25, 0.3) is 0 Å². The number of hydrogen-bond acceptors (Lipinski definition) is 1. The highest BCUT2D eigenvalue weighted by molar-refractivity contribution is 6.13. The van der Waals surface area contributed by atoms with Gasteiger partial charge in [-0.3, -0.25) is 0 Å². The molecule has 0 amide bonds. The highest BCUT2D eigenvalue weighted by Crippen LogP contribution is 2.08. The molecule has 0 spiro atoms. The summed E-state index contributed by atoms with van der Waals surface area (Å²) in [7, 11) is 0. The molecule has 1 nitrogen and oxygen atoms in total. The molecule has 0 aliphatic carbocycles. The highest BCUT2D eigenvalue weighted by Gasteiger charge is 2.18. The normalized spacial score (nSPS) is 12.0. The van der Waals surface area contributed by atoms with Crippen molar-refractivity contribution in [1.82, 2.24) is 4.84 Å². The first kappa shape index (κ1) is 7.11. The fourth-order valence-electron chi connectivity index (χ4n) is 0.117. The largest absolute Gasteiger partial charge is 0.258 e. The minimum atomic E-state index is -2.69. The number of nitrogens with one attached hydrogen (secondary N) is 1. The summed E-state index contributed by atoms with van der Waals surface area (Å²) in [5.74, 6) is -2.69. The maximum absolute atomic E-state index is 11.6. The molecule has 0 fully saturated rings. The summed E-state index contributed by atoms with van der Waals surface area (Å²) in [4.78, 5) is 1.83. The molecule has 0 unspecified atom stereocenters. The van der Waals surface area contributed by atoms with Gasteiger partial charge in [0, 0.05) is 6.92 Å². The lowest BCUT2D eigenvalue weighted by molar-refractivity contribution is 0.0284. The molecule has 0 heterocycles. The SMILES string of the molecule is CC(F)(F)CNCl. The van der Waals surface area contributed by atoms with E-state index in [1.165, 1.54) is 0 Å². The number of rotatable bonds is 2. The van der Waals surface area contributed by atoms with Gasteiger partial charge in [-0.1, -0.05) is 0 Å². The van der Waals surface area contributed by atoms with E-state index in [-0.39, 0.29) is 0 Å². The van der Waals surface area contributed by atoms with Crippen LogP contribution in [0.4, 0.5) is 8.78 Å². The third-order valence-electron chi connectivity index (χ3n) is 0.377. The fraction of sp³-hybridized carbons (Fsp3) is 1.00. The lowest BCUT2D eigenvalue weighted by Gasteiger charge is -2.05. The molecule has 0 aliphatic heterocycles. The van der Waals surface area contributed by atoms with Crippen LogP contribution in [0.2, 0.25) is 0 Å². The van der Waals surface area contributed by atoms with Gasteiger partial charge in [0.15, 0.2) is 0 Å². The number of hydrogen-bond donors (Lipinski definition) is 1. The van der Waals surface area contributed by atoms with Crippen LogP contribution < -0.4 is 4.84 Å². The van der Waals surface area contributed by atoms with Crippen LogP contribution in [0.5, 0.6) is 0 Å². The second-order valence-electron chi connectivity index (χ2n) is 1.38. The minimum Gasteiger partial charge on any atom is -0.228 e. The van der Waals surface area contributed by atoms with E-state index in [0.29, 0.717) is 0 Å². The zero-order valence-electron chi connectivity index (χ0n) is 3.84. The second-order valence-corrected chi connectivity index (χ2v) is 1.65. The van der Waals surface area contributed by atoms with Crippen molar-refractivity contribution in [3.05, 3.63) is 0 Å². The van der Waals surface area contributed by atoms with Crippen LogP contribution in [0.1, 0.15) is 6.92 Å². The van der Waals surface area contributed by atoms with Crippen LogP contribution in [-0.2, 0) is 0 Å². The van der Waals surface area contributed by atoms with Crippen molar-refractivity contribution in [2.45, 2.75) is 12.8 Å². The Morgan fingerprint density at radius 3 is 2.14 bits per heavy atom. The average Bonchev–Trinajstić information content (AvgIpc) is 1.30. The van der Waals surface area contributed by atoms with E-state index in [1.807, 2.05) is 4.84 Å². The van der Waals surface area contributed by atoms with Crippen molar-refractivity contribution in [3.63, 3.8) is 0 Å². The van der Waals surface area contributed by atoms with E-state index in [9.17, 15) is 8.78 Å². The standard InChI is InChI=1S/C3H6ClF2N/c1-3(5,6)2-7-4/h7H,2H2,1H3. The summed E-state index contributed by atoms with van der Waals surface area (Å²) in [5.41, 5.74) is 0. The van der Waals surface area contributed by atoms with Gasteiger partial charge in [-0.2, -0.15) is 0 Å². The van der Waals surface area contributed by atoms with Gasteiger partial charge in [0.2, 0.25) is 0 Å². The molecule has 0 aliphatic rings. The second kappa shape index (κ2) is 2.43. The molecule has 0 aromatic heterocycles. The van der Waals surface area contributed by atoms with E-state index < -0.39 is 12.5 Å². The summed E-state index contributed by atoms with van der Waals surface area (Å²) in [5, 5.41) is 0. The fourth-order valence-corrected chi connectivity index (χ4v) is 0.352. The molecular weight excluding hydrogens is 123 g/mol. The molecule has 0 saturated carbocycles. The Labute approximate surface area is 45.8 Å². The first-order valence-corrected chi connectivity index (χ1v) is 2.15. The third kappa shape index (κ3) is 6.11. The molecule has 0 aromatic carbocycles. The summed E-state index contributed by atoms with van der Waals surface area (Å²) in [6.07, 6.45) is 0. The zero-order valence-corrected chi connectivity index (χ0v) is 4.60. The number of alkyl halides is 2. The molecule has 1 N–H and O–H groups in total. The van der Waals surface area contributed by atoms with Crippen molar-refractivity contribution in [3.8, 4) is 0 Å². The predicted octanol–water partition coefficient (Wildman–Crippen LogP) is 1.39. The molecule has 0 bridgehead atoms. The molecule has 44 valence electrons. The van der Waals surface area contributed by atoms with Crippen LogP contribution in [-0.4, -0.2) is 12.5 Å². The predicted molar refractivity (Wildman–Crippen MR) is 24.5 cm³/mol. The molecule has 0 atom stereocenters. The lowest BCUT2D eigenvalue weighted by atomic mass is 10.4. The van der Waals surface area contributed by atoms with Crippen LogP contribution in [0, 0.1) is 0 Å². The minimum absolute atomic E-state index is 0.478. The van der Waals surface area contributed by atoms with Crippen molar-refractivity contribution in [2.75, 3.05) is 6.54 Å². The monoisotopic (exact) mass is 129 g/mol. The smallest absolute Gasteiger partial charge is 0.228 e. The summed E-state index contributed by atoms with van der Waals surface area (Å²) >= 11 is 4.76. The Morgan fingerprint density at radius 2 is 2.14 bits per heavy atom. The van der Waals surface area contributed by atoms with Crippen molar-refractivity contribution < 1.29 is 8.78 Å². The maximum Gasteiger partial charge on any atom is 0.258 e. The van der Waals surface area contributed by atoms with E-state index in [1.54, 1.807) is 0 Å². The maximum atomic E-state index is 11.6. The average molecular weight is 130 g/mol. The van der Waals surface area contributed by atoms with Gasteiger partial charge in [0.25, 0.3) is 5.92 Å². The highest BCUT2D eigenvalue weighted by atomic mass is 35.5. The van der Waals surface area contributed by atoms with E-state index >= 15 is 0 Å². The Balaban J connectivity index is 3.15. The molecule has 4 heteroatoms. The summed E-state index contributed by atoms with van der Waals surface area (Å²) in [6, 6.07) is 0. The molecule has 0 aromatic rings. The van der Waals surface area contributed by atoms with Gasteiger partial charge in [-0.05, 0) is 11.8 Å². The van der Waals surface area contributed by atoms with Crippen molar-refractivity contribution >= 4 is 11.8 Å². The van der Waals surface area contributed by atoms with Crippen molar-refractivity contribution in [1.29, 1.82) is 0 Å². The van der Waals surface area contributed by atoms with E-state index in [2.05, 4.69) is 0 Å². The summed E-state index contributed by atoms with van der Waals surface area (Å²) < 4.78 is 23.2. The Kier molecular flexibility index (Phi) is 2.46. The van der Waals surface area contributed by atoms with Crippen LogP contribution in [0.15, 0.2) is 0 Å². The molecule has 7 heavy (non-hydrogen) atoms. The van der Waals surface area contributed by atoms with Crippen LogP contribution in [0.3, 0.4) is 0 Å². The van der Waals surface area contributed by atoms with Crippen LogP contribution >= 0.6 is 11.8 Å².